The third-order valence-corrected chi connectivity index (χ3v) is 6.54. The smallest absolute Gasteiger partial charge is 0.0611 e. The van der Waals surface area contributed by atoms with Crippen molar-refractivity contribution in [3.63, 3.8) is 0 Å². The molecule has 0 saturated heterocycles. The zero-order valence-corrected chi connectivity index (χ0v) is 11.7. The van der Waals surface area contributed by atoms with Crippen molar-refractivity contribution in [1.29, 1.82) is 0 Å². The summed E-state index contributed by atoms with van der Waals surface area (Å²) in [5, 5.41) is 20.4. The quantitative estimate of drug-likeness (QED) is 0.659. The highest BCUT2D eigenvalue weighted by Gasteiger charge is 2.46. The molecule has 3 fully saturated rings. The monoisotopic (exact) mass is 262 g/mol. The summed E-state index contributed by atoms with van der Waals surface area (Å²) in [5.41, 5.74) is 3.42. The summed E-state index contributed by atoms with van der Waals surface area (Å²) in [6, 6.07) is 0. The molecule has 2 nitrogen and oxygen atoms in total. The van der Waals surface area contributed by atoms with Crippen molar-refractivity contribution in [2.24, 2.45) is 23.7 Å². The molecule has 0 amide bonds. The third kappa shape index (κ3) is 1.91. The van der Waals surface area contributed by atoms with Gasteiger partial charge in [0.25, 0.3) is 0 Å². The minimum atomic E-state index is -0.0724. The molecule has 0 bridgehead atoms. The van der Waals surface area contributed by atoms with Crippen LogP contribution in [0.5, 0.6) is 0 Å². The molecule has 0 aromatic heterocycles. The van der Waals surface area contributed by atoms with Crippen LogP contribution < -0.4 is 0 Å². The molecular weight excluding hydrogens is 236 g/mol. The number of aliphatic hydroxyl groups is 2. The molecule has 2 heteroatoms. The zero-order chi connectivity index (χ0) is 13.0. The Morgan fingerprint density at radius 2 is 1.63 bits per heavy atom. The molecule has 106 valence electrons. The molecule has 3 saturated carbocycles. The number of hydrogen-bond donors (Lipinski definition) is 2. The molecule has 4 aliphatic carbocycles. The number of fused-ring (bicyclic) bond motifs is 4. The number of allylic oxidation sites excluding steroid dienone is 1. The summed E-state index contributed by atoms with van der Waals surface area (Å²) in [4.78, 5) is 0. The van der Waals surface area contributed by atoms with Crippen molar-refractivity contribution in [3.8, 4) is 0 Å². The van der Waals surface area contributed by atoms with E-state index < -0.39 is 0 Å². The molecule has 0 aliphatic heterocycles. The van der Waals surface area contributed by atoms with Crippen LogP contribution in [0.1, 0.15) is 57.8 Å². The lowest BCUT2D eigenvalue weighted by Gasteiger charge is -2.48. The molecule has 6 unspecified atom stereocenters. The van der Waals surface area contributed by atoms with Gasteiger partial charge in [-0.3, -0.25) is 0 Å². The minimum Gasteiger partial charge on any atom is -0.393 e. The second-order valence-electron chi connectivity index (χ2n) is 7.39. The first-order chi connectivity index (χ1) is 9.24. The van der Waals surface area contributed by atoms with Crippen LogP contribution in [-0.4, -0.2) is 22.4 Å². The molecule has 2 N–H and O–H groups in total. The summed E-state index contributed by atoms with van der Waals surface area (Å²) >= 11 is 0. The molecule has 4 aliphatic rings. The Bertz CT molecular complexity index is 400. The van der Waals surface area contributed by atoms with Gasteiger partial charge in [-0.2, -0.15) is 0 Å². The minimum absolute atomic E-state index is 0.0526. The summed E-state index contributed by atoms with van der Waals surface area (Å²) in [7, 11) is 0. The Balaban J connectivity index is 1.66. The van der Waals surface area contributed by atoms with E-state index in [2.05, 4.69) is 0 Å². The van der Waals surface area contributed by atoms with E-state index in [9.17, 15) is 10.2 Å². The van der Waals surface area contributed by atoms with E-state index in [1.807, 2.05) is 0 Å². The van der Waals surface area contributed by atoms with E-state index >= 15 is 0 Å². The van der Waals surface area contributed by atoms with Crippen LogP contribution in [-0.2, 0) is 0 Å². The van der Waals surface area contributed by atoms with Crippen LogP contribution in [0.25, 0.3) is 0 Å². The van der Waals surface area contributed by atoms with E-state index in [1.54, 1.807) is 11.1 Å². The molecule has 0 aromatic rings. The van der Waals surface area contributed by atoms with Crippen molar-refractivity contribution in [2.75, 3.05) is 0 Å². The maximum Gasteiger partial charge on any atom is 0.0611 e. The van der Waals surface area contributed by atoms with Crippen LogP contribution in [0.3, 0.4) is 0 Å². The zero-order valence-electron chi connectivity index (χ0n) is 11.7. The Hall–Kier alpha value is -0.340. The van der Waals surface area contributed by atoms with Crippen LogP contribution >= 0.6 is 0 Å². The lowest BCUT2D eigenvalue weighted by Crippen LogP contribution is -2.42. The highest BCUT2D eigenvalue weighted by Crippen LogP contribution is 2.54. The fraction of sp³-hybridized carbons (Fsp3) is 0.882. The molecule has 0 aromatic carbocycles. The van der Waals surface area contributed by atoms with Crippen molar-refractivity contribution < 1.29 is 10.2 Å². The van der Waals surface area contributed by atoms with Gasteiger partial charge < -0.3 is 10.2 Å². The molecule has 0 spiro atoms. The van der Waals surface area contributed by atoms with Gasteiger partial charge in [0.05, 0.1) is 12.2 Å². The lowest BCUT2D eigenvalue weighted by atomic mass is 9.58. The highest BCUT2D eigenvalue weighted by atomic mass is 16.3. The van der Waals surface area contributed by atoms with Gasteiger partial charge in [-0.1, -0.05) is 11.1 Å². The number of hydrogen-bond acceptors (Lipinski definition) is 2. The van der Waals surface area contributed by atoms with Gasteiger partial charge in [-0.05, 0) is 75.5 Å². The maximum atomic E-state index is 10.5. The van der Waals surface area contributed by atoms with Gasteiger partial charge >= 0.3 is 0 Å². The molecule has 6 atom stereocenters. The summed E-state index contributed by atoms with van der Waals surface area (Å²) in [6.07, 6.45) is 10.4. The van der Waals surface area contributed by atoms with Gasteiger partial charge in [-0.15, -0.1) is 0 Å². The average molecular weight is 262 g/mol. The van der Waals surface area contributed by atoms with Gasteiger partial charge in [0, 0.05) is 5.92 Å². The fourth-order valence-corrected chi connectivity index (χ4v) is 5.74. The molecule has 0 radical (unpaired) electrons. The Kier molecular flexibility index (Phi) is 3.00. The summed E-state index contributed by atoms with van der Waals surface area (Å²) < 4.78 is 0. The molecule has 4 rings (SSSR count). The number of rotatable bonds is 0. The second kappa shape index (κ2) is 4.60. The van der Waals surface area contributed by atoms with Crippen molar-refractivity contribution in [2.45, 2.75) is 70.0 Å². The van der Waals surface area contributed by atoms with Crippen molar-refractivity contribution in [1.82, 2.24) is 0 Å². The predicted molar refractivity (Wildman–Crippen MR) is 74.6 cm³/mol. The normalized spacial score (nSPS) is 49.6. The van der Waals surface area contributed by atoms with Crippen LogP contribution in [0.2, 0.25) is 0 Å². The van der Waals surface area contributed by atoms with Crippen molar-refractivity contribution in [3.05, 3.63) is 11.1 Å². The van der Waals surface area contributed by atoms with E-state index in [0.717, 1.165) is 31.1 Å². The average Bonchev–Trinajstić information content (AvgIpc) is 2.88. The van der Waals surface area contributed by atoms with E-state index in [-0.39, 0.29) is 12.2 Å². The van der Waals surface area contributed by atoms with Gasteiger partial charge in [0.2, 0.25) is 0 Å². The summed E-state index contributed by atoms with van der Waals surface area (Å²) in [5.74, 6) is 2.65. The van der Waals surface area contributed by atoms with E-state index in [0.29, 0.717) is 11.8 Å². The maximum absolute atomic E-state index is 10.5. The van der Waals surface area contributed by atoms with Crippen LogP contribution in [0.4, 0.5) is 0 Å². The van der Waals surface area contributed by atoms with Gasteiger partial charge in [0.1, 0.15) is 0 Å². The SMILES string of the molecule is OC1CCC2C(CCC3=C4CCCC4C(O)CC32)C1. The standard InChI is InChI=1S/C17H26O2/c18-11-5-7-12-10(8-11)4-6-14-13-2-1-3-15(13)17(19)9-16(12)14/h10-12,15-19H,1-9H2. The van der Waals surface area contributed by atoms with Crippen LogP contribution in [0.15, 0.2) is 11.1 Å². The van der Waals surface area contributed by atoms with E-state index in [4.69, 9.17) is 0 Å². The summed E-state index contributed by atoms with van der Waals surface area (Å²) in [6.45, 7) is 0. The fourth-order valence-electron chi connectivity index (χ4n) is 5.74. The van der Waals surface area contributed by atoms with Gasteiger partial charge in [0.15, 0.2) is 0 Å². The van der Waals surface area contributed by atoms with Crippen LogP contribution in [0, 0.1) is 23.7 Å². The first kappa shape index (κ1) is 12.4. The molecule has 0 heterocycles. The number of aliphatic hydroxyl groups excluding tert-OH is 2. The lowest BCUT2D eigenvalue weighted by molar-refractivity contribution is 0.00865. The topological polar surface area (TPSA) is 40.5 Å². The Morgan fingerprint density at radius 3 is 2.53 bits per heavy atom. The molecule has 19 heavy (non-hydrogen) atoms. The van der Waals surface area contributed by atoms with E-state index in [1.165, 1.54) is 38.5 Å². The Labute approximate surface area is 115 Å². The second-order valence-corrected chi connectivity index (χ2v) is 7.39. The Morgan fingerprint density at radius 1 is 0.789 bits per heavy atom. The highest BCUT2D eigenvalue weighted by molar-refractivity contribution is 5.29. The van der Waals surface area contributed by atoms with Gasteiger partial charge in [-0.25, -0.2) is 0 Å². The molecular formula is C17H26O2. The third-order valence-electron chi connectivity index (χ3n) is 6.54. The first-order valence-corrected chi connectivity index (χ1v) is 8.32. The first-order valence-electron chi connectivity index (χ1n) is 8.32. The largest absolute Gasteiger partial charge is 0.393 e. The van der Waals surface area contributed by atoms with Crippen molar-refractivity contribution >= 4 is 0 Å². The predicted octanol–water partition coefficient (Wildman–Crippen LogP) is 3.03.